The van der Waals surface area contributed by atoms with Crippen molar-refractivity contribution < 1.29 is 19.4 Å². The van der Waals surface area contributed by atoms with Gasteiger partial charge in [0.25, 0.3) is 0 Å². The summed E-state index contributed by atoms with van der Waals surface area (Å²) >= 11 is 0. The van der Waals surface area contributed by atoms with Crippen LogP contribution in [0.25, 0.3) is 0 Å². The van der Waals surface area contributed by atoms with Crippen molar-refractivity contribution in [2.24, 2.45) is 0 Å². The maximum absolute atomic E-state index is 10.7. The highest BCUT2D eigenvalue weighted by Gasteiger charge is 2.09. The molecule has 2 aromatic rings. The standard InChI is InChI=1S/C14H14N2O4/c1-2-9-19-11-5-3-4-6-12(11)20-13-8-7-10(14(17)18)15-16-13/h3-8H,2,9H2,1H3,(H,17,18). The predicted molar refractivity (Wildman–Crippen MR) is 71.3 cm³/mol. The zero-order chi connectivity index (χ0) is 14.4. The van der Waals surface area contributed by atoms with E-state index in [-0.39, 0.29) is 11.6 Å². The maximum Gasteiger partial charge on any atom is 0.356 e. The van der Waals surface area contributed by atoms with Gasteiger partial charge < -0.3 is 14.6 Å². The highest BCUT2D eigenvalue weighted by Crippen LogP contribution is 2.30. The molecule has 2 rings (SSSR count). The van der Waals surface area contributed by atoms with Crippen molar-refractivity contribution in [1.29, 1.82) is 0 Å². The number of hydrogen-bond donors (Lipinski definition) is 1. The molecular formula is C14H14N2O4. The van der Waals surface area contributed by atoms with Gasteiger partial charge in [-0.2, -0.15) is 0 Å². The molecule has 0 saturated carbocycles. The molecule has 104 valence electrons. The van der Waals surface area contributed by atoms with Crippen LogP contribution in [0.1, 0.15) is 23.8 Å². The summed E-state index contributed by atoms with van der Waals surface area (Å²) in [4.78, 5) is 10.7. The molecule has 0 aliphatic heterocycles. The molecule has 1 heterocycles. The molecule has 0 saturated heterocycles. The highest BCUT2D eigenvalue weighted by atomic mass is 16.5. The molecule has 0 radical (unpaired) electrons. The molecule has 0 atom stereocenters. The van der Waals surface area contributed by atoms with Crippen molar-refractivity contribution in [2.75, 3.05) is 6.61 Å². The Kier molecular flexibility index (Phi) is 4.49. The molecule has 20 heavy (non-hydrogen) atoms. The van der Waals surface area contributed by atoms with Gasteiger partial charge in [0.2, 0.25) is 5.88 Å². The van der Waals surface area contributed by atoms with Gasteiger partial charge in [0.15, 0.2) is 17.2 Å². The quantitative estimate of drug-likeness (QED) is 0.872. The Labute approximate surface area is 116 Å². The number of carboxylic acids is 1. The Hall–Kier alpha value is -2.63. The van der Waals surface area contributed by atoms with Crippen molar-refractivity contribution in [2.45, 2.75) is 13.3 Å². The van der Waals surface area contributed by atoms with Crippen LogP contribution in [0.5, 0.6) is 17.4 Å². The number of carboxylic acid groups (broad SMARTS) is 1. The van der Waals surface area contributed by atoms with E-state index in [4.69, 9.17) is 14.6 Å². The van der Waals surface area contributed by atoms with E-state index in [0.717, 1.165) is 6.42 Å². The third kappa shape index (κ3) is 3.44. The van der Waals surface area contributed by atoms with Gasteiger partial charge in [-0.15, -0.1) is 10.2 Å². The van der Waals surface area contributed by atoms with E-state index < -0.39 is 5.97 Å². The zero-order valence-electron chi connectivity index (χ0n) is 10.9. The minimum absolute atomic E-state index is 0.132. The van der Waals surface area contributed by atoms with Crippen molar-refractivity contribution in [3.05, 3.63) is 42.1 Å². The van der Waals surface area contributed by atoms with Crippen LogP contribution >= 0.6 is 0 Å². The fourth-order valence-corrected chi connectivity index (χ4v) is 1.47. The second-order valence-corrected chi connectivity index (χ2v) is 3.96. The van der Waals surface area contributed by atoms with Crippen LogP contribution in [0.15, 0.2) is 36.4 Å². The van der Waals surface area contributed by atoms with Gasteiger partial charge in [-0.05, 0) is 24.6 Å². The summed E-state index contributed by atoms with van der Waals surface area (Å²) in [6, 6.07) is 9.99. The van der Waals surface area contributed by atoms with Crippen LogP contribution in [0, 0.1) is 0 Å². The van der Waals surface area contributed by atoms with Gasteiger partial charge in [0, 0.05) is 6.07 Å². The fraction of sp³-hybridized carbons (Fsp3) is 0.214. The minimum atomic E-state index is -1.13. The van der Waals surface area contributed by atoms with Gasteiger partial charge in [0.05, 0.1) is 6.61 Å². The van der Waals surface area contributed by atoms with E-state index in [1.807, 2.05) is 19.1 Å². The summed E-state index contributed by atoms with van der Waals surface area (Å²) in [5.41, 5.74) is -0.132. The third-order valence-corrected chi connectivity index (χ3v) is 2.38. The summed E-state index contributed by atoms with van der Waals surface area (Å²) in [6.07, 6.45) is 0.890. The monoisotopic (exact) mass is 274 g/mol. The van der Waals surface area contributed by atoms with Crippen LogP contribution in [0.4, 0.5) is 0 Å². The van der Waals surface area contributed by atoms with Gasteiger partial charge in [-0.1, -0.05) is 19.1 Å². The summed E-state index contributed by atoms with van der Waals surface area (Å²) in [6.45, 7) is 2.60. The second-order valence-electron chi connectivity index (χ2n) is 3.96. The molecule has 1 aromatic heterocycles. The summed E-state index contributed by atoms with van der Waals surface area (Å²) < 4.78 is 11.1. The van der Waals surface area contributed by atoms with Crippen LogP contribution in [0.2, 0.25) is 0 Å². The lowest BCUT2D eigenvalue weighted by Gasteiger charge is -2.10. The first-order valence-corrected chi connectivity index (χ1v) is 6.17. The summed E-state index contributed by atoms with van der Waals surface area (Å²) in [7, 11) is 0. The number of nitrogens with zero attached hydrogens (tertiary/aromatic N) is 2. The first kappa shape index (κ1) is 13.8. The fourth-order valence-electron chi connectivity index (χ4n) is 1.47. The molecular weight excluding hydrogens is 260 g/mol. The molecule has 0 aliphatic rings. The minimum Gasteiger partial charge on any atom is -0.490 e. The maximum atomic E-state index is 10.7. The number of rotatable bonds is 6. The molecule has 1 N–H and O–H groups in total. The topological polar surface area (TPSA) is 81.5 Å². The van der Waals surface area contributed by atoms with Crippen molar-refractivity contribution in [1.82, 2.24) is 10.2 Å². The SMILES string of the molecule is CCCOc1ccccc1Oc1ccc(C(=O)O)nn1. The molecule has 6 heteroatoms. The zero-order valence-corrected chi connectivity index (χ0v) is 10.9. The number of aromatic carboxylic acids is 1. The molecule has 0 spiro atoms. The Bertz CT molecular complexity index is 584. The van der Waals surface area contributed by atoms with E-state index in [1.54, 1.807) is 12.1 Å². The second kappa shape index (κ2) is 6.51. The molecule has 0 amide bonds. The normalized spacial score (nSPS) is 10.1. The van der Waals surface area contributed by atoms with Crippen LogP contribution in [-0.4, -0.2) is 27.9 Å². The number of aromatic nitrogens is 2. The summed E-state index contributed by atoms with van der Waals surface area (Å²) in [5, 5.41) is 16.0. The first-order valence-electron chi connectivity index (χ1n) is 6.17. The lowest BCUT2D eigenvalue weighted by molar-refractivity contribution is 0.0689. The number of benzene rings is 1. The van der Waals surface area contributed by atoms with Gasteiger partial charge in [0.1, 0.15) is 0 Å². The molecule has 1 aromatic carbocycles. The molecule has 0 unspecified atom stereocenters. The van der Waals surface area contributed by atoms with Gasteiger partial charge in [-0.25, -0.2) is 4.79 Å². The number of ether oxygens (including phenoxy) is 2. The Morgan fingerprint density at radius 3 is 2.50 bits per heavy atom. The molecule has 0 fully saturated rings. The van der Waals surface area contributed by atoms with Crippen LogP contribution < -0.4 is 9.47 Å². The predicted octanol–water partition coefficient (Wildman–Crippen LogP) is 2.76. The third-order valence-electron chi connectivity index (χ3n) is 2.38. The summed E-state index contributed by atoms with van der Waals surface area (Å²) in [5.74, 6) is 0.204. The number of hydrogen-bond acceptors (Lipinski definition) is 5. The lowest BCUT2D eigenvalue weighted by atomic mass is 10.3. The van der Waals surface area contributed by atoms with Crippen molar-refractivity contribution >= 4 is 5.97 Å². The number of carbonyl (C=O) groups is 1. The molecule has 0 bridgehead atoms. The average Bonchev–Trinajstić information content (AvgIpc) is 2.47. The van der Waals surface area contributed by atoms with Crippen molar-refractivity contribution in [3.8, 4) is 17.4 Å². The van der Waals surface area contributed by atoms with E-state index >= 15 is 0 Å². The molecule has 6 nitrogen and oxygen atoms in total. The van der Waals surface area contributed by atoms with E-state index in [0.29, 0.717) is 18.1 Å². The highest BCUT2D eigenvalue weighted by molar-refractivity contribution is 5.84. The van der Waals surface area contributed by atoms with Crippen LogP contribution in [0.3, 0.4) is 0 Å². The van der Waals surface area contributed by atoms with E-state index in [2.05, 4.69) is 10.2 Å². The van der Waals surface area contributed by atoms with Gasteiger partial charge >= 0.3 is 5.97 Å². The smallest absolute Gasteiger partial charge is 0.356 e. The average molecular weight is 274 g/mol. The molecule has 0 aliphatic carbocycles. The Morgan fingerprint density at radius 1 is 1.15 bits per heavy atom. The largest absolute Gasteiger partial charge is 0.490 e. The number of para-hydroxylation sites is 2. The Morgan fingerprint density at radius 2 is 1.90 bits per heavy atom. The Balaban J connectivity index is 2.14. The van der Waals surface area contributed by atoms with E-state index in [1.165, 1.54) is 12.1 Å². The van der Waals surface area contributed by atoms with E-state index in [9.17, 15) is 4.79 Å². The first-order chi connectivity index (χ1) is 9.70. The van der Waals surface area contributed by atoms with Crippen LogP contribution in [-0.2, 0) is 0 Å². The van der Waals surface area contributed by atoms with Crippen molar-refractivity contribution in [3.63, 3.8) is 0 Å². The van der Waals surface area contributed by atoms with Gasteiger partial charge in [-0.3, -0.25) is 0 Å². The lowest BCUT2D eigenvalue weighted by Crippen LogP contribution is -2.02.